The normalized spacial score (nSPS) is 13.1. The first-order valence-electron chi connectivity index (χ1n) is 7.78. The second kappa shape index (κ2) is 5.95. The van der Waals surface area contributed by atoms with E-state index >= 15 is 0 Å². The van der Waals surface area contributed by atoms with Gasteiger partial charge in [-0.3, -0.25) is 0 Å². The number of furan rings is 1. The number of methoxy groups -OCH3 is 1. The van der Waals surface area contributed by atoms with Crippen molar-refractivity contribution < 1.29 is 13.9 Å². The van der Waals surface area contributed by atoms with Crippen LogP contribution in [0.15, 0.2) is 51.4 Å². The van der Waals surface area contributed by atoms with Crippen LogP contribution in [0.5, 0.6) is 0 Å². The minimum Gasteiger partial charge on any atom is -0.465 e. The van der Waals surface area contributed by atoms with Crippen molar-refractivity contribution in [3.05, 3.63) is 63.8 Å². The highest BCUT2D eigenvalue weighted by Crippen LogP contribution is 2.39. The summed E-state index contributed by atoms with van der Waals surface area (Å²) in [7, 11) is 1.40. The van der Waals surface area contributed by atoms with Crippen molar-refractivity contribution >= 4 is 38.9 Å². The van der Waals surface area contributed by atoms with Crippen molar-refractivity contribution in [2.45, 2.75) is 12.8 Å². The van der Waals surface area contributed by atoms with Gasteiger partial charge in [0, 0.05) is 21.8 Å². The number of rotatable bonds is 2. The van der Waals surface area contributed by atoms with Crippen LogP contribution in [0.4, 0.5) is 0 Å². The first-order valence-corrected chi connectivity index (χ1v) is 8.57. The van der Waals surface area contributed by atoms with Gasteiger partial charge in [-0.15, -0.1) is 0 Å². The minimum atomic E-state index is -0.351. The zero-order chi connectivity index (χ0) is 16.7. The van der Waals surface area contributed by atoms with Crippen LogP contribution in [0.2, 0.25) is 0 Å². The molecule has 0 radical (unpaired) electrons. The molecule has 1 heterocycles. The standard InChI is InChI=1S/C20H15BrO3/c1-23-20(22)16-11-12(21)9-10-13(16)14-6-4-8-18-19(14)15-5-2-3-7-17(15)24-18/h2,4-6,8-11H,3,7H2,1H3. The van der Waals surface area contributed by atoms with Gasteiger partial charge in [-0.2, -0.15) is 0 Å². The van der Waals surface area contributed by atoms with E-state index < -0.39 is 0 Å². The molecule has 0 saturated carbocycles. The van der Waals surface area contributed by atoms with Crippen molar-refractivity contribution in [3.8, 4) is 11.1 Å². The Balaban J connectivity index is 2.03. The molecule has 4 heteroatoms. The maximum absolute atomic E-state index is 12.2. The summed E-state index contributed by atoms with van der Waals surface area (Å²) in [5, 5.41) is 1.05. The molecule has 0 atom stereocenters. The number of halogens is 1. The molecule has 0 N–H and O–H groups in total. The van der Waals surface area contributed by atoms with Crippen LogP contribution < -0.4 is 0 Å². The molecule has 3 nitrogen and oxygen atoms in total. The summed E-state index contributed by atoms with van der Waals surface area (Å²) in [4.78, 5) is 12.2. The highest BCUT2D eigenvalue weighted by atomic mass is 79.9. The molecular weight excluding hydrogens is 368 g/mol. The van der Waals surface area contributed by atoms with Crippen LogP contribution in [0.25, 0.3) is 28.2 Å². The lowest BCUT2D eigenvalue weighted by Gasteiger charge is -2.11. The fourth-order valence-corrected chi connectivity index (χ4v) is 3.61. The Labute approximate surface area is 148 Å². The van der Waals surface area contributed by atoms with Crippen molar-refractivity contribution in [1.29, 1.82) is 0 Å². The van der Waals surface area contributed by atoms with Gasteiger partial charge in [0.1, 0.15) is 11.3 Å². The molecule has 0 aliphatic heterocycles. The Bertz CT molecular complexity index is 982. The van der Waals surface area contributed by atoms with E-state index in [4.69, 9.17) is 9.15 Å². The summed E-state index contributed by atoms with van der Waals surface area (Å²) < 4.78 is 11.8. The summed E-state index contributed by atoms with van der Waals surface area (Å²) in [5.41, 5.74) is 4.33. The second-order valence-corrected chi connectivity index (χ2v) is 6.66. The first-order chi connectivity index (χ1) is 11.7. The van der Waals surface area contributed by atoms with Gasteiger partial charge in [0.15, 0.2) is 0 Å². The smallest absolute Gasteiger partial charge is 0.338 e. The Morgan fingerprint density at radius 2 is 2.08 bits per heavy atom. The van der Waals surface area contributed by atoms with E-state index in [2.05, 4.69) is 28.1 Å². The van der Waals surface area contributed by atoms with Crippen LogP contribution in [-0.2, 0) is 11.2 Å². The fraction of sp³-hybridized carbons (Fsp3) is 0.150. The SMILES string of the molecule is COC(=O)c1cc(Br)ccc1-c1cccc2oc3c(c12)C=CCC3. The van der Waals surface area contributed by atoms with Crippen molar-refractivity contribution in [2.75, 3.05) is 7.11 Å². The molecule has 0 unspecified atom stereocenters. The number of allylic oxidation sites excluding steroid dienone is 1. The van der Waals surface area contributed by atoms with Crippen LogP contribution >= 0.6 is 15.9 Å². The topological polar surface area (TPSA) is 39.4 Å². The molecule has 1 aliphatic rings. The number of hydrogen-bond acceptors (Lipinski definition) is 3. The highest BCUT2D eigenvalue weighted by Gasteiger charge is 2.21. The number of fused-ring (bicyclic) bond motifs is 3. The number of benzene rings is 2. The number of carbonyl (C=O) groups excluding carboxylic acids is 1. The second-order valence-electron chi connectivity index (χ2n) is 5.74. The van der Waals surface area contributed by atoms with Gasteiger partial charge in [0.05, 0.1) is 12.7 Å². The molecule has 0 bridgehead atoms. The molecule has 0 amide bonds. The summed E-state index contributed by atoms with van der Waals surface area (Å²) >= 11 is 3.43. The summed E-state index contributed by atoms with van der Waals surface area (Å²) in [6.07, 6.45) is 6.18. The van der Waals surface area contributed by atoms with Gasteiger partial charge < -0.3 is 9.15 Å². The molecule has 24 heavy (non-hydrogen) atoms. The molecule has 120 valence electrons. The third-order valence-corrected chi connectivity index (χ3v) is 4.82. The maximum atomic E-state index is 12.2. The fourth-order valence-electron chi connectivity index (χ4n) is 3.25. The van der Waals surface area contributed by atoms with Crippen LogP contribution in [0.3, 0.4) is 0 Å². The molecule has 0 saturated heterocycles. The van der Waals surface area contributed by atoms with Crippen LogP contribution in [0.1, 0.15) is 28.1 Å². The molecule has 1 aromatic heterocycles. The Morgan fingerprint density at radius 1 is 1.21 bits per heavy atom. The van der Waals surface area contributed by atoms with E-state index in [1.54, 1.807) is 6.07 Å². The van der Waals surface area contributed by atoms with E-state index in [1.165, 1.54) is 7.11 Å². The van der Waals surface area contributed by atoms with Crippen molar-refractivity contribution in [1.82, 2.24) is 0 Å². The van der Waals surface area contributed by atoms with Gasteiger partial charge >= 0.3 is 5.97 Å². The average Bonchev–Trinajstić information content (AvgIpc) is 2.99. The minimum absolute atomic E-state index is 0.351. The van der Waals surface area contributed by atoms with Crippen molar-refractivity contribution in [3.63, 3.8) is 0 Å². The largest absolute Gasteiger partial charge is 0.465 e. The van der Waals surface area contributed by atoms with Gasteiger partial charge in [-0.05, 0) is 35.7 Å². The van der Waals surface area contributed by atoms with E-state index in [0.29, 0.717) is 5.56 Å². The lowest BCUT2D eigenvalue weighted by atomic mass is 9.93. The lowest BCUT2D eigenvalue weighted by Crippen LogP contribution is -2.04. The maximum Gasteiger partial charge on any atom is 0.338 e. The zero-order valence-electron chi connectivity index (χ0n) is 13.1. The molecule has 2 aromatic carbocycles. The van der Waals surface area contributed by atoms with Gasteiger partial charge in [0.2, 0.25) is 0 Å². The highest BCUT2D eigenvalue weighted by molar-refractivity contribution is 9.10. The number of ether oxygens (including phenoxy) is 1. The predicted molar refractivity (Wildman–Crippen MR) is 98.0 cm³/mol. The predicted octanol–water partition coefficient (Wildman–Crippen LogP) is 5.61. The third-order valence-electron chi connectivity index (χ3n) is 4.33. The Hall–Kier alpha value is -2.33. The molecular formula is C20H15BrO3. The molecule has 4 rings (SSSR count). The molecule has 1 aliphatic carbocycles. The van der Waals surface area contributed by atoms with Crippen LogP contribution in [-0.4, -0.2) is 13.1 Å². The van der Waals surface area contributed by atoms with Crippen molar-refractivity contribution in [2.24, 2.45) is 0 Å². The van der Waals surface area contributed by atoms with E-state index in [1.807, 2.05) is 30.3 Å². The first kappa shape index (κ1) is 15.2. The number of hydrogen-bond donors (Lipinski definition) is 0. The summed E-state index contributed by atoms with van der Waals surface area (Å²) in [5.74, 6) is 0.660. The quantitative estimate of drug-likeness (QED) is 0.540. The Kier molecular flexibility index (Phi) is 3.77. The van der Waals surface area contributed by atoms with Gasteiger partial charge in [0.25, 0.3) is 0 Å². The number of carbonyl (C=O) groups is 1. The van der Waals surface area contributed by atoms with Gasteiger partial charge in [-0.1, -0.05) is 46.3 Å². The van der Waals surface area contributed by atoms with Gasteiger partial charge in [-0.25, -0.2) is 4.79 Å². The average molecular weight is 383 g/mol. The monoisotopic (exact) mass is 382 g/mol. The summed E-state index contributed by atoms with van der Waals surface area (Å²) in [6.45, 7) is 0. The molecule has 0 fully saturated rings. The lowest BCUT2D eigenvalue weighted by molar-refractivity contribution is 0.0601. The third kappa shape index (κ3) is 2.38. The van der Waals surface area contributed by atoms with E-state index in [0.717, 1.165) is 50.7 Å². The van der Waals surface area contributed by atoms with E-state index in [-0.39, 0.29) is 5.97 Å². The zero-order valence-corrected chi connectivity index (χ0v) is 14.7. The molecule has 0 spiro atoms. The van der Waals surface area contributed by atoms with E-state index in [9.17, 15) is 4.79 Å². The molecule has 3 aromatic rings. The summed E-state index contributed by atoms with van der Waals surface area (Å²) in [6, 6.07) is 11.6. The Morgan fingerprint density at radius 3 is 2.92 bits per heavy atom. The number of esters is 1. The van der Waals surface area contributed by atoms with Crippen LogP contribution in [0, 0.1) is 0 Å². The number of aryl methyl sites for hydroxylation is 1.